The van der Waals surface area contributed by atoms with Gasteiger partial charge in [-0.2, -0.15) is 0 Å². The van der Waals surface area contributed by atoms with Crippen LogP contribution in [0.15, 0.2) is 48.5 Å². The molecule has 0 unspecified atom stereocenters. The van der Waals surface area contributed by atoms with Gasteiger partial charge >= 0.3 is 5.97 Å². The van der Waals surface area contributed by atoms with Crippen molar-refractivity contribution in [2.45, 2.75) is 32.2 Å². The van der Waals surface area contributed by atoms with E-state index in [4.69, 9.17) is 9.47 Å². The molecule has 1 aliphatic heterocycles. The molecule has 0 aliphatic carbocycles. The molecule has 1 N–H and O–H groups in total. The quantitative estimate of drug-likeness (QED) is 0.490. The smallest absolute Gasteiger partial charge is 0.329 e. The van der Waals surface area contributed by atoms with Crippen LogP contribution in [-0.4, -0.2) is 48.3 Å². The van der Waals surface area contributed by atoms with Crippen LogP contribution in [0.1, 0.15) is 46.9 Å². The number of esters is 1. The van der Waals surface area contributed by atoms with Crippen molar-refractivity contribution in [2.24, 2.45) is 0 Å². The van der Waals surface area contributed by atoms with Gasteiger partial charge in [-0.15, -0.1) is 0 Å². The van der Waals surface area contributed by atoms with Crippen molar-refractivity contribution in [3.05, 3.63) is 59.7 Å². The molecule has 8 nitrogen and oxygen atoms in total. The van der Waals surface area contributed by atoms with Crippen molar-refractivity contribution in [1.82, 2.24) is 4.90 Å². The number of carbonyl (C=O) groups excluding carboxylic acids is 4. The van der Waals surface area contributed by atoms with E-state index in [0.29, 0.717) is 17.9 Å². The maximum atomic E-state index is 12.8. The van der Waals surface area contributed by atoms with Crippen LogP contribution in [0.5, 0.6) is 5.75 Å². The van der Waals surface area contributed by atoms with Crippen LogP contribution in [0.25, 0.3) is 0 Å². The normalized spacial score (nSPS) is 13.5. The third kappa shape index (κ3) is 4.91. The summed E-state index contributed by atoms with van der Waals surface area (Å²) in [4.78, 5) is 51.4. The van der Waals surface area contributed by atoms with Crippen LogP contribution in [0.2, 0.25) is 0 Å². The summed E-state index contributed by atoms with van der Waals surface area (Å²) >= 11 is 0. The van der Waals surface area contributed by atoms with Gasteiger partial charge in [0, 0.05) is 5.69 Å². The fourth-order valence-electron chi connectivity index (χ4n) is 3.35. The molecule has 1 heterocycles. The molecule has 31 heavy (non-hydrogen) atoms. The lowest BCUT2D eigenvalue weighted by atomic mass is 10.1. The Morgan fingerprint density at radius 2 is 1.61 bits per heavy atom. The number of anilines is 1. The molecule has 0 saturated heterocycles. The second-order valence-corrected chi connectivity index (χ2v) is 7.07. The minimum absolute atomic E-state index is 0.263. The summed E-state index contributed by atoms with van der Waals surface area (Å²) in [6, 6.07) is 12.0. The molecular formula is C23H24N2O6. The number of unbranched alkanes of at least 4 members (excludes halogenated alkanes) is 1. The number of rotatable bonds is 9. The SMILES string of the molecule is CCCC[C@@H](C(=O)OCC(=O)Nc1ccc(OC)cc1)N1C(=O)c2ccccc2C1=O. The first kappa shape index (κ1) is 22.0. The molecule has 2 aromatic rings. The van der Waals surface area contributed by atoms with Gasteiger partial charge in [0.05, 0.1) is 18.2 Å². The summed E-state index contributed by atoms with van der Waals surface area (Å²) in [7, 11) is 1.54. The number of methoxy groups -OCH3 is 1. The Bertz CT molecular complexity index is 951. The second-order valence-electron chi connectivity index (χ2n) is 7.07. The van der Waals surface area contributed by atoms with Gasteiger partial charge in [-0.1, -0.05) is 31.9 Å². The number of fused-ring (bicyclic) bond motifs is 1. The van der Waals surface area contributed by atoms with Crippen LogP contribution >= 0.6 is 0 Å². The Balaban J connectivity index is 1.65. The van der Waals surface area contributed by atoms with Crippen molar-refractivity contribution >= 4 is 29.4 Å². The predicted molar refractivity (Wildman–Crippen MR) is 113 cm³/mol. The van der Waals surface area contributed by atoms with Gasteiger partial charge in [-0.3, -0.25) is 19.3 Å². The number of nitrogens with zero attached hydrogens (tertiary/aromatic N) is 1. The summed E-state index contributed by atoms with van der Waals surface area (Å²) in [5, 5.41) is 2.61. The first-order valence-electron chi connectivity index (χ1n) is 10.0. The monoisotopic (exact) mass is 424 g/mol. The Kier molecular flexibility index (Phi) is 7.02. The van der Waals surface area contributed by atoms with Gasteiger partial charge in [0.1, 0.15) is 11.8 Å². The molecule has 1 aliphatic rings. The van der Waals surface area contributed by atoms with Crippen LogP contribution < -0.4 is 10.1 Å². The standard InChI is InChI=1S/C23H24N2O6/c1-3-4-9-19(25-21(27)17-7-5-6-8-18(17)22(25)28)23(29)31-14-20(26)24-15-10-12-16(30-2)13-11-15/h5-8,10-13,19H,3-4,9,14H2,1-2H3,(H,24,26)/t19-/m0/s1. The Hall–Kier alpha value is -3.68. The van der Waals surface area contributed by atoms with Crippen LogP contribution in [0.4, 0.5) is 5.69 Å². The molecule has 3 amide bonds. The Morgan fingerprint density at radius 3 is 2.16 bits per heavy atom. The average molecular weight is 424 g/mol. The number of nitrogens with one attached hydrogen (secondary N) is 1. The molecule has 0 aromatic heterocycles. The van der Waals surface area contributed by atoms with Crippen molar-refractivity contribution in [1.29, 1.82) is 0 Å². The lowest BCUT2D eigenvalue weighted by Crippen LogP contribution is -2.46. The van der Waals surface area contributed by atoms with Crippen molar-refractivity contribution in [3.8, 4) is 5.75 Å². The minimum Gasteiger partial charge on any atom is -0.497 e. The molecule has 2 aromatic carbocycles. The lowest BCUT2D eigenvalue weighted by molar-refractivity contribution is -0.151. The number of ether oxygens (including phenoxy) is 2. The molecule has 8 heteroatoms. The minimum atomic E-state index is -1.08. The average Bonchev–Trinajstić information content (AvgIpc) is 3.04. The molecule has 0 spiro atoms. The van der Waals surface area contributed by atoms with Crippen LogP contribution in [0, 0.1) is 0 Å². The molecular weight excluding hydrogens is 400 g/mol. The summed E-state index contributed by atoms with van der Waals surface area (Å²) in [6.07, 6.45) is 1.65. The third-order valence-corrected chi connectivity index (χ3v) is 4.96. The van der Waals surface area contributed by atoms with Crippen LogP contribution in [0.3, 0.4) is 0 Å². The second kappa shape index (κ2) is 9.88. The fraction of sp³-hybridized carbons (Fsp3) is 0.304. The van der Waals surface area contributed by atoms with Gasteiger partial charge in [0.2, 0.25) is 0 Å². The van der Waals surface area contributed by atoms with Gasteiger partial charge in [0.15, 0.2) is 6.61 Å². The number of benzene rings is 2. The third-order valence-electron chi connectivity index (χ3n) is 4.96. The summed E-state index contributed by atoms with van der Waals surface area (Å²) in [5.74, 6) is -1.73. The lowest BCUT2D eigenvalue weighted by Gasteiger charge is -2.24. The molecule has 0 bridgehead atoms. The summed E-state index contributed by atoms with van der Waals surface area (Å²) < 4.78 is 10.2. The molecule has 0 fully saturated rings. The number of imide groups is 1. The largest absolute Gasteiger partial charge is 0.497 e. The van der Waals surface area contributed by atoms with Crippen LogP contribution in [-0.2, 0) is 14.3 Å². The van der Waals surface area contributed by atoms with E-state index >= 15 is 0 Å². The number of hydrogen-bond donors (Lipinski definition) is 1. The van der Waals surface area contributed by atoms with Gasteiger partial charge in [-0.25, -0.2) is 4.79 Å². The van der Waals surface area contributed by atoms with Gasteiger partial charge in [-0.05, 0) is 42.8 Å². The van der Waals surface area contributed by atoms with Crippen molar-refractivity contribution < 1.29 is 28.7 Å². The van der Waals surface area contributed by atoms with Crippen molar-refractivity contribution in [2.75, 3.05) is 19.0 Å². The molecule has 0 radical (unpaired) electrons. The highest BCUT2D eigenvalue weighted by Gasteiger charge is 2.43. The molecule has 162 valence electrons. The molecule has 1 atom stereocenters. The highest BCUT2D eigenvalue weighted by molar-refractivity contribution is 6.22. The zero-order valence-corrected chi connectivity index (χ0v) is 17.4. The highest BCUT2D eigenvalue weighted by atomic mass is 16.5. The Morgan fingerprint density at radius 1 is 1.00 bits per heavy atom. The Labute approximate surface area is 180 Å². The summed E-state index contributed by atoms with van der Waals surface area (Å²) in [5.41, 5.74) is 1.04. The van der Waals surface area contributed by atoms with E-state index in [1.807, 2.05) is 6.92 Å². The number of hydrogen-bond acceptors (Lipinski definition) is 6. The fourth-order valence-corrected chi connectivity index (χ4v) is 3.35. The topological polar surface area (TPSA) is 102 Å². The number of carbonyl (C=O) groups is 4. The zero-order valence-electron chi connectivity index (χ0n) is 17.4. The van der Waals surface area contributed by atoms with Gasteiger partial charge in [0.25, 0.3) is 17.7 Å². The van der Waals surface area contributed by atoms with E-state index < -0.39 is 36.3 Å². The molecule has 0 saturated carbocycles. The summed E-state index contributed by atoms with van der Waals surface area (Å²) in [6.45, 7) is 1.41. The van der Waals surface area contributed by atoms with E-state index in [9.17, 15) is 19.2 Å². The first-order chi connectivity index (χ1) is 15.0. The highest BCUT2D eigenvalue weighted by Crippen LogP contribution is 2.27. The zero-order chi connectivity index (χ0) is 22.4. The first-order valence-corrected chi connectivity index (χ1v) is 10.0. The van der Waals surface area contributed by atoms with E-state index in [1.54, 1.807) is 48.5 Å². The van der Waals surface area contributed by atoms with E-state index in [-0.39, 0.29) is 17.5 Å². The number of amides is 3. The van der Waals surface area contributed by atoms with E-state index in [0.717, 1.165) is 11.3 Å². The van der Waals surface area contributed by atoms with Gasteiger partial charge < -0.3 is 14.8 Å². The van der Waals surface area contributed by atoms with E-state index in [1.165, 1.54) is 7.11 Å². The van der Waals surface area contributed by atoms with E-state index in [2.05, 4.69) is 5.32 Å². The maximum absolute atomic E-state index is 12.8. The maximum Gasteiger partial charge on any atom is 0.329 e. The predicted octanol–water partition coefficient (Wildman–Crippen LogP) is 3.03. The molecule has 3 rings (SSSR count). The van der Waals surface area contributed by atoms with Crippen molar-refractivity contribution in [3.63, 3.8) is 0 Å².